The van der Waals surface area contributed by atoms with Crippen LogP contribution < -0.4 is 10.1 Å². The molecule has 1 aromatic carbocycles. The molecule has 1 unspecified atom stereocenters. The van der Waals surface area contributed by atoms with E-state index in [1.54, 1.807) is 0 Å². The van der Waals surface area contributed by atoms with Gasteiger partial charge in [0.15, 0.2) is 0 Å². The highest BCUT2D eigenvalue weighted by Gasteiger charge is 2.11. The van der Waals surface area contributed by atoms with E-state index in [2.05, 4.69) is 35.4 Å². The van der Waals surface area contributed by atoms with Gasteiger partial charge in [-0.3, -0.25) is 4.98 Å². The van der Waals surface area contributed by atoms with Crippen molar-refractivity contribution in [1.82, 2.24) is 10.3 Å². The highest BCUT2D eigenvalue weighted by molar-refractivity contribution is 5.30. The zero-order chi connectivity index (χ0) is 14.2. The van der Waals surface area contributed by atoms with Gasteiger partial charge in [0.1, 0.15) is 5.75 Å². The molecule has 0 radical (unpaired) electrons. The monoisotopic (exact) mass is 270 g/mol. The molecular formula is C17H22N2O. The van der Waals surface area contributed by atoms with Crippen LogP contribution in [0.3, 0.4) is 0 Å². The summed E-state index contributed by atoms with van der Waals surface area (Å²) in [6.45, 7) is 5.76. The fourth-order valence-corrected chi connectivity index (χ4v) is 2.25. The smallest absolute Gasteiger partial charge is 0.119 e. The van der Waals surface area contributed by atoms with E-state index in [0.717, 1.165) is 24.4 Å². The molecule has 0 aliphatic heterocycles. The second kappa shape index (κ2) is 7.65. The highest BCUT2D eigenvalue weighted by atomic mass is 16.5. The minimum atomic E-state index is 0.283. The van der Waals surface area contributed by atoms with E-state index in [1.807, 2.05) is 37.4 Å². The van der Waals surface area contributed by atoms with Crippen LogP contribution in [0.1, 0.15) is 31.1 Å². The minimum Gasteiger partial charge on any atom is -0.494 e. The summed E-state index contributed by atoms with van der Waals surface area (Å²) in [5.74, 6) is 0.921. The second-order valence-corrected chi connectivity index (χ2v) is 4.64. The Bertz CT molecular complexity index is 496. The number of hydrogen-bond donors (Lipinski definition) is 1. The summed E-state index contributed by atoms with van der Waals surface area (Å²) in [5, 5.41) is 3.52. The Labute approximate surface area is 121 Å². The predicted octanol–water partition coefficient (Wildman–Crippen LogP) is 3.37. The average molecular weight is 270 g/mol. The molecular weight excluding hydrogens is 248 g/mol. The van der Waals surface area contributed by atoms with E-state index in [9.17, 15) is 0 Å². The van der Waals surface area contributed by atoms with E-state index >= 15 is 0 Å². The number of hydrogen-bond acceptors (Lipinski definition) is 3. The lowest BCUT2D eigenvalue weighted by Crippen LogP contribution is -2.23. The van der Waals surface area contributed by atoms with Crippen molar-refractivity contribution in [1.29, 1.82) is 0 Å². The molecule has 0 amide bonds. The van der Waals surface area contributed by atoms with Crippen LogP contribution in [0.25, 0.3) is 0 Å². The van der Waals surface area contributed by atoms with Crippen LogP contribution in [0.2, 0.25) is 0 Å². The Kier molecular flexibility index (Phi) is 5.56. The molecule has 2 aromatic rings. The Morgan fingerprint density at radius 2 is 1.90 bits per heavy atom. The SMILES string of the molecule is CCNC(Cc1ccccn1)c1ccc(OCC)cc1. The van der Waals surface area contributed by atoms with E-state index < -0.39 is 0 Å². The quantitative estimate of drug-likeness (QED) is 0.837. The summed E-state index contributed by atoms with van der Waals surface area (Å²) >= 11 is 0. The maximum absolute atomic E-state index is 5.49. The van der Waals surface area contributed by atoms with Gasteiger partial charge in [-0.15, -0.1) is 0 Å². The molecule has 0 saturated heterocycles. The van der Waals surface area contributed by atoms with Crippen LogP contribution in [0.5, 0.6) is 5.75 Å². The molecule has 0 aliphatic rings. The van der Waals surface area contributed by atoms with Crippen molar-refractivity contribution in [3.05, 3.63) is 59.9 Å². The fourth-order valence-electron chi connectivity index (χ4n) is 2.25. The highest BCUT2D eigenvalue weighted by Crippen LogP contribution is 2.20. The van der Waals surface area contributed by atoms with Gasteiger partial charge < -0.3 is 10.1 Å². The molecule has 0 spiro atoms. The van der Waals surface area contributed by atoms with E-state index in [1.165, 1.54) is 5.56 Å². The number of benzene rings is 1. The molecule has 1 N–H and O–H groups in total. The van der Waals surface area contributed by atoms with Crippen molar-refractivity contribution < 1.29 is 4.74 Å². The third kappa shape index (κ3) is 4.07. The first-order valence-electron chi connectivity index (χ1n) is 7.19. The topological polar surface area (TPSA) is 34.2 Å². The summed E-state index contributed by atoms with van der Waals surface area (Å²) in [4.78, 5) is 4.41. The molecule has 0 saturated carbocycles. The van der Waals surface area contributed by atoms with Crippen LogP contribution in [0.15, 0.2) is 48.7 Å². The normalized spacial score (nSPS) is 12.1. The largest absolute Gasteiger partial charge is 0.494 e. The number of aromatic nitrogens is 1. The van der Waals surface area contributed by atoms with Gasteiger partial charge in [0.05, 0.1) is 6.61 Å². The first-order valence-corrected chi connectivity index (χ1v) is 7.19. The van der Waals surface area contributed by atoms with Gasteiger partial charge in [-0.1, -0.05) is 25.1 Å². The van der Waals surface area contributed by atoms with Crippen molar-refractivity contribution in [2.45, 2.75) is 26.3 Å². The third-order valence-corrected chi connectivity index (χ3v) is 3.18. The Morgan fingerprint density at radius 3 is 2.50 bits per heavy atom. The first kappa shape index (κ1) is 14.5. The van der Waals surface area contributed by atoms with Crippen molar-refractivity contribution in [3.8, 4) is 5.75 Å². The lowest BCUT2D eigenvalue weighted by molar-refractivity contribution is 0.340. The molecule has 0 bridgehead atoms. The Morgan fingerprint density at radius 1 is 1.10 bits per heavy atom. The lowest BCUT2D eigenvalue weighted by atomic mass is 10.0. The summed E-state index contributed by atoms with van der Waals surface area (Å²) in [6, 6.07) is 14.6. The first-order chi connectivity index (χ1) is 9.83. The number of nitrogens with one attached hydrogen (secondary N) is 1. The molecule has 0 aliphatic carbocycles. The van der Waals surface area contributed by atoms with E-state index in [-0.39, 0.29) is 6.04 Å². The van der Waals surface area contributed by atoms with Gasteiger partial charge in [-0.2, -0.15) is 0 Å². The maximum Gasteiger partial charge on any atom is 0.119 e. The number of nitrogens with zero attached hydrogens (tertiary/aromatic N) is 1. The number of likely N-dealkylation sites (N-methyl/N-ethyl adjacent to an activating group) is 1. The molecule has 1 heterocycles. The van der Waals surface area contributed by atoms with Gasteiger partial charge in [-0.05, 0) is 43.3 Å². The molecule has 0 fully saturated rings. The molecule has 2 rings (SSSR count). The van der Waals surface area contributed by atoms with E-state index in [0.29, 0.717) is 6.61 Å². The van der Waals surface area contributed by atoms with Crippen molar-refractivity contribution in [2.75, 3.05) is 13.2 Å². The summed E-state index contributed by atoms with van der Waals surface area (Å²) < 4.78 is 5.49. The van der Waals surface area contributed by atoms with Gasteiger partial charge in [-0.25, -0.2) is 0 Å². The van der Waals surface area contributed by atoms with E-state index in [4.69, 9.17) is 4.74 Å². The zero-order valence-electron chi connectivity index (χ0n) is 12.2. The standard InChI is InChI=1S/C17H22N2O/c1-3-18-17(13-15-7-5-6-12-19-15)14-8-10-16(11-9-14)20-4-2/h5-12,17-18H,3-4,13H2,1-2H3. The maximum atomic E-state index is 5.49. The van der Waals surface area contributed by atoms with Crippen molar-refractivity contribution >= 4 is 0 Å². The van der Waals surface area contributed by atoms with Crippen LogP contribution in [-0.2, 0) is 6.42 Å². The number of ether oxygens (including phenoxy) is 1. The molecule has 20 heavy (non-hydrogen) atoms. The third-order valence-electron chi connectivity index (χ3n) is 3.18. The Balaban J connectivity index is 2.11. The molecule has 1 aromatic heterocycles. The van der Waals surface area contributed by atoms with Crippen LogP contribution in [0.4, 0.5) is 0 Å². The molecule has 3 nitrogen and oxygen atoms in total. The fraction of sp³-hybridized carbons (Fsp3) is 0.353. The van der Waals surface area contributed by atoms with Gasteiger partial charge in [0.2, 0.25) is 0 Å². The Hall–Kier alpha value is -1.87. The number of rotatable bonds is 7. The van der Waals surface area contributed by atoms with Gasteiger partial charge in [0.25, 0.3) is 0 Å². The van der Waals surface area contributed by atoms with Crippen LogP contribution in [0, 0.1) is 0 Å². The van der Waals surface area contributed by atoms with Crippen molar-refractivity contribution in [2.24, 2.45) is 0 Å². The molecule has 3 heteroatoms. The zero-order valence-corrected chi connectivity index (χ0v) is 12.2. The van der Waals surface area contributed by atoms with Gasteiger partial charge >= 0.3 is 0 Å². The molecule has 1 atom stereocenters. The summed E-state index contributed by atoms with van der Waals surface area (Å²) in [7, 11) is 0. The summed E-state index contributed by atoms with van der Waals surface area (Å²) in [6.07, 6.45) is 2.74. The lowest BCUT2D eigenvalue weighted by Gasteiger charge is -2.18. The van der Waals surface area contributed by atoms with Crippen LogP contribution in [-0.4, -0.2) is 18.1 Å². The van der Waals surface area contributed by atoms with Crippen LogP contribution >= 0.6 is 0 Å². The molecule has 106 valence electrons. The average Bonchev–Trinajstić information content (AvgIpc) is 2.49. The van der Waals surface area contributed by atoms with Gasteiger partial charge in [0, 0.05) is 24.4 Å². The second-order valence-electron chi connectivity index (χ2n) is 4.64. The predicted molar refractivity (Wildman–Crippen MR) is 82.0 cm³/mol. The number of pyridine rings is 1. The van der Waals surface area contributed by atoms with Crippen molar-refractivity contribution in [3.63, 3.8) is 0 Å². The summed E-state index contributed by atoms with van der Waals surface area (Å²) in [5.41, 5.74) is 2.37. The minimum absolute atomic E-state index is 0.283.